The lowest BCUT2D eigenvalue weighted by Gasteiger charge is -2.34. The van der Waals surface area contributed by atoms with E-state index in [9.17, 15) is 4.79 Å². The second-order valence-electron chi connectivity index (χ2n) is 6.93. The van der Waals surface area contributed by atoms with Gasteiger partial charge in [-0.25, -0.2) is 0 Å². The highest BCUT2D eigenvalue weighted by molar-refractivity contribution is 6.00. The number of anilines is 2. The highest BCUT2D eigenvalue weighted by Crippen LogP contribution is 2.22. The van der Waals surface area contributed by atoms with Crippen molar-refractivity contribution in [3.8, 4) is 0 Å². The van der Waals surface area contributed by atoms with Crippen LogP contribution in [0.15, 0.2) is 79.0 Å². The SMILES string of the molecule is O=C(c1ccccc1Nc1ccccc1)N1CCN(Cc2ccccn2)CC1. The zero-order valence-electron chi connectivity index (χ0n) is 15.8. The van der Waals surface area contributed by atoms with Gasteiger partial charge in [-0.2, -0.15) is 0 Å². The summed E-state index contributed by atoms with van der Waals surface area (Å²) >= 11 is 0. The number of nitrogens with one attached hydrogen (secondary N) is 1. The van der Waals surface area contributed by atoms with Crippen molar-refractivity contribution < 1.29 is 4.79 Å². The van der Waals surface area contributed by atoms with E-state index in [1.807, 2.05) is 83.9 Å². The zero-order chi connectivity index (χ0) is 19.2. The molecule has 1 aliphatic rings. The smallest absolute Gasteiger partial charge is 0.256 e. The molecule has 0 bridgehead atoms. The Balaban J connectivity index is 1.40. The Hall–Kier alpha value is -3.18. The van der Waals surface area contributed by atoms with E-state index >= 15 is 0 Å². The van der Waals surface area contributed by atoms with Gasteiger partial charge in [-0.1, -0.05) is 36.4 Å². The summed E-state index contributed by atoms with van der Waals surface area (Å²) in [7, 11) is 0. The van der Waals surface area contributed by atoms with Gasteiger partial charge in [-0.15, -0.1) is 0 Å². The van der Waals surface area contributed by atoms with Gasteiger partial charge in [0.05, 0.1) is 16.9 Å². The molecule has 1 aliphatic heterocycles. The lowest BCUT2D eigenvalue weighted by molar-refractivity contribution is 0.0628. The Kier molecular flexibility index (Phi) is 5.64. The fourth-order valence-corrected chi connectivity index (χ4v) is 3.46. The van der Waals surface area contributed by atoms with Crippen molar-refractivity contribution in [1.82, 2.24) is 14.8 Å². The standard InChI is InChI=1S/C23H24N4O/c28-23(21-11-4-5-12-22(21)25-19-8-2-1-3-9-19)27-16-14-26(15-17-27)18-20-10-6-7-13-24-20/h1-13,25H,14-18H2. The fourth-order valence-electron chi connectivity index (χ4n) is 3.46. The van der Waals surface area contributed by atoms with Crippen LogP contribution in [-0.4, -0.2) is 46.9 Å². The van der Waals surface area contributed by atoms with E-state index in [2.05, 4.69) is 15.2 Å². The molecular weight excluding hydrogens is 348 g/mol. The highest BCUT2D eigenvalue weighted by Gasteiger charge is 2.24. The first-order chi connectivity index (χ1) is 13.8. The molecule has 5 nitrogen and oxygen atoms in total. The largest absolute Gasteiger partial charge is 0.355 e. The number of benzene rings is 2. The van der Waals surface area contributed by atoms with Gasteiger partial charge in [0, 0.05) is 44.6 Å². The van der Waals surface area contributed by atoms with E-state index in [0.717, 1.165) is 49.8 Å². The number of carbonyl (C=O) groups is 1. The van der Waals surface area contributed by atoms with Crippen molar-refractivity contribution >= 4 is 17.3 Å². The maximum Gasteiger partial charge on any atom is 0.256 e. The maximum atomic E-state index is 13.1. The maximum absolute atomic E-state index is 13.1. The van der Waals surface area contributed by atoms with Gasteiger partial charge in [0.25, 0.3) is 5.91 Å². The van der Waals surface area contributed by atoms with Crippen molar-refractivity contribution in [1.29, 1.82) is 0 Å². The van der Waals surface area contributed by atoms with Crippen LogP contribution in [0.25, 0.3) is 0 Å². The number of pyridine rings is 1. The number of rotatable bonds is 5. The van der Waals surface area contributed by atoms with Crippen molar-refractivity contribution in [3.63, 3.8) is 0 Å². The molecule has 1 saturated heterocycles. The van der Waals surface area contributed by atoms with E-state index in [-0.39, 0.29) is 5.91 Å². The topological polar surface area (TPSA) is 48.5 Å². The van der Waals surface area contributed by atoms with E-state index in [4.69, 9.17) is 0 Å². The summed E-state index contributed by atoms with van der Waals surface area (Å²) in [5.74, 6) is 0.0801. The number of carbonyl (C=O) groups excluding carboxylic acids is 1. The number of para-hydroxylation sites is 2. The molecular formula is C23H24N4O. The van der Waals surface area contributed by atoms with E-state index < -0.39 is 0 Å². The quantitative estimate of drug-likeness (QED) is 0.740. The number of amides is 1. The van der Waals surface area contributed by atoms with Gasteiger partial charge in [0.2, 0.25) is 0 Å². The normalized spacial score (nSPS) is 14.6. The molecule has 142 valence electrons. The molecule has 28 heavy (non-hydrogen) atoms. The van der Waals surface area contributed by atoms with Crippen molar-refractivity contribution in [2.24, 2.45) is 0 Å². The molecule has 5 heteroatoms. The molecule has 1 N–H and O–H groups in total. The van der Waals surface area contributed by atoms with Gasteiger partial charge >= 0.3 is 0 Å². The Bertz CT molecular complexity index is 906. The Labute approximate surface area is 165 Å². The summed E-state index contributed by atoms with van der Waals surface area (Å²) in [6.45, 7) is 4.00. The molecule has 0 saturated carbocycles. The predicted octanol–water partition coefficient (Wildman–Crippen LogP) is 3.78. The van der Waals surface area contributed by atoms with Crippen molar-refractivity contribution in [2.75, 3.05) is 31.5 Å². The van der Waals surface area contributed by atoms with Crippen LogP contribution in [0.2, 0.25) is 0 Å². The third kappa shape index (κ3) is 4.38. The van der Waals surface area contributed by atoms with Crippen molar-refractivity contribution in [3.05, 3.63) is 90.3 Å². The minimum atomic E-state index is 0.0801. The van der Waals surface area contributed by atoms with Crippen molar-refractivity contribution in [2.45, 2.75) is 6.54 Å². The van der Waals surface area contributed by atoms with Gasteiger partial charge in [-0.3, -0.25) is 14.7 Å². The average Bonchev–Trinajstić information content (AvgIpc) is 2.76. The van der Waals surface area contributed by atoms with Crippen LogP contribution in [0.1, 0.15) is 16.1 Å². The first-order valence-electron chi connectivity index (χ1n) is 9.62. The minimum absolute atomic E-state index is 0.0801. The number of hydrogen-bond acceptors (Lipinski definition) is 4. The summed E-state index contributed by atoms with van der Waals surface area (Å²) in [5, 5.41) is 3.37. The molecule has 1 amide bonds. The first-order valence-corrected chi connectivity index (χ1v) is 9.62. The third-order valence-corrected chi connectivity index (χ3v) is 4.98. The second-order valence-corrected chi connectivity index (χ2v) is 6.93. The van der Waals surface area contributed by atoms with Crippen LogP contribution >= 0.6 is 0 Å². The molecule has 0 unspecified atom stereocenters. The van der Waals surface area contributed by atoms with Crippen LogP contribution < -0.4 is 5.32 Å². The number of nitrogens with zero attached hydrogens (tertiary/aromatic N) is 3. The number of aromatic nitrogens is 1. The van der Waals surface area contributed by atoms with Gasteiger partial charge in [0.15, 0.2) is 0 Å². The molecule has 1 fully saturated rings. The van der Waals surface area contributed by atoms with Gasteiger partial charge < -0.3 is 10.2 Å². The minimum Gasteiger partial charge on any atom is -0.355 e. The molecule has 0 atom stereocenters. The molecule has 3 aromatic rings. The molecule has 2 aromatic carbocycles. The van der Waals surface area contributed by atoms with E-state index in [0.29, 0.717) is 5.56 Å². The Morgan fingerprint density at radius 1 is 0.857 bits per heavy atom. The zero-order valence-corrected chi connectivity index (χ0v) is 15.8. The summed E-state index contributed by atoms with van der Waals surface area (Å²) in [6.07, 6.45) is 1.83. The second kappa shape index (κ2) is 8.67. The molecule has 0 radical (unpaired) electrons. The lowest BCUT2D eigenvalue weighted by atomic mass is 10.1. The van der Waals surface area contributed by atoms with Crippen LogP contribution in [0.4, 0.5) is 11.4 Å². The van der Waals surface area contributed by atoms with Crippen LogP contribution in [-0.2, 0) is 6.54 Å². The summed E-state index contributed by atoms with van der Waals surface area (Å²) in [6, 6.07) is 23.6. The molecule has 4 rings (SSSR count). The Morgan fingerprint density at radius 2 is 1.57 bits per heavy atom. The molecule has 1 aromatic heterocycles. The van der Waals surface area contributed by atoms with Crippen LogP contribution in [0.3, 0.4) is 0 Å². The monoisotopic (exact) mass is 372 g/mol. The average molecular weight is 372 g/mol. The first kappa shape index (κ1) is 18.2. The summed E-state index contributed by atoms with van der Waals surface area (Å²) in [4.78, 5) is 21.8. The molecule has 0 spiro atoms. The van der Waals surface area contributed by atoms with E-state index in [1.165, 1.54) is 0 Å². The van der Waals surface area contributed by atoms with Crippen LogP contribution in [0, 0.1) is 0 Å². The number of hydrogen-bond donors (Lipinski definition) is 1. The van der Waals surface area contributed by atoms with Crippen LogP contribution in [0.5, 0.6) is 0 Å². The third-order valence-electron chi connectivity index (χ3n) is 4.98. The van der Waals surface area contributed by atoms with E-state index in [1.54, 1.807) is 0 Å². The molecule has 2 heterocycles. The highest BCUT2D eigenvalue weighted by atomic mass is 16.2. The summed E-state index contributed by atoms with van der Waals surface area (Å²) < 4.78 is 0. The predicted molar refractivity (Wildman–Crippen MR) is 112 cm³/mol. The van der Waals surface area contributed by atoms with Gasteiger partial charge in [-0.05, 0) is 36.4 Å². The summed E-state index contributed by atoms with van der Waals surface area (Å²) in [5.41, 5.74) is 3.60. The number of piperazine rings is 1. The lowest BCUT2D eigenvalue weighted by Crippen LogP contribution is -2.48. The fraction of sp³-hybridized carbons (Fsp3) is 0.217. The molecule has 0 aliphatic carbocycles. The Morgan fingerprint density at radius 3 is 2.32 bits per heavy atom. The van der Waals surface area contributed by atoms with Gasteiger partial charge in [0.1, 0.15) is 0 Å².